The molecule has 10 heteroatoms. The largest absolute Gasteiger partial charge is 0.506 e. The van der Waals surface area contributed by atoms with Gasteiger partial charge in [-0.05, 0) is 54.5 Å². The summed E-state index contributed by atoms with van der Waals surface area (Å²) in [4.78, 5) is 23.6. The van der Waals surface area contributed by atoms with Crippen molar-refractivity contribution in [3.63, 3.8) is 0 Å². The maximum absolute atomic E-state index is 15.1. The van der Waals surface area contributed by atoms with Crippen molar-refractivity contribution in [3.8, 4) is 5.75 Å². The van der Waals surface area contributed by atoms with E-state index in [0.717, 1.165) is 34.4 Å². The maximum atomic E-state index is 15.1. The monoisotopic (exact) mass is 527 g/mol. The number of thioether (sulfide) groups is 1. The van der Waals surface area contributed by atoms with E-state index in [0.29, 0.717) is 18.5 Å². The van der Waals surface area contributed by atoms with Crippen LogP contribution >= 0.6 is 23.4 Å². The van der Waals surface area contributed by atoms with E-state index in [9.17, 15) is 19.8 Å². The van der Waals surface area contributed by atoms with Crippen molar-refractivity contribution in [1.29, 1.82) is 0 Å². The van der Waals surface area contributed by atoms with E-state index in [-0.39, 0.29) is 45.4 Å². The number of phenols is 1. The third kappa shape index (κ3) is 4.49. The number of nitrogens with two attached hydrogens (primary N) is 1. The molecule has 1 amide bonds. The summed E-state index contributed by atoms with van der Waals surface area (Å²) in [5.41, 5.74) is 8.13. The lowest BCUT2D eigenvalue weighted by Crippen LogP contribution is -2.11. The van der Waals surface area contributed by atoms with Crippen molar-refractivity contribution in [3.05, 3.63) is 81.4 Å². The van der Waals surface area contributed by atoms with Gasteiger partial charge in [-0.2, -0.15) is 5.10 Å². The molecule has 1 fully saturated rings. The van der Waals surface area contributed by atoms with Crippen LogP contribution in [0.5, 0.6) is 5.75 Å². The number of carboxylic acid groups (broad SMARTS) is 1. The molecule has 7 nitrogen and oxygen atoms in total. The van der Waals surface area contributed by atoms with E-state index in [1.54, 1.807) is 23.0 Å². The lowest BCUT2D eigenvalue weighted by molar-refractivity contribution is -0.118. The minimum atomic E-state index is -1.33. The number of aromatic carboxylic acids is 1. The number of carbonyl (C=O) groups is 2. The molecule has 2 aliphatic carbocycles. The molecule has 0 bridgehead atoms. The highest BCUT2D eigenvalue weighted by molar-refractivity contribution is 8.08. The Hall–Kier alpha value is -3.30. The third-order valence-electron chi connectivity index (χ3n) is 6.49. The molecular weight excluding hydrogens is 505 g/mol. The number of halogens is 2. The van der Waals surface area contributed by atoms with Crippen molar-refractivity contribution in [2.75, 3.05) is 0 Å². The van der Waals surface area contributed by atoms with Crippen molar-refractivity contribution in [1.82, 2.24) is 9.78 Å². The highest BCUT2D eigenvalue weighted by Crippen LogP contribution is 2.61. The highest BCUT2D eigenvalue weighted by atomic mass is 35.5. The lowest BCUT2D eigenvalue weighted by Gasteiger charge is -2.17. The number of hydrogen-bond acceptors (Lipinski definition) is 5. The molecule has 1 aromatic heterocycles. The predicted molar refractivity (Wildman–Crippen MR) is 134 cm³/mol. The van der Waals surface area contributed by atoms with E-state index in [1.165, 1.54) is 23.9 Å². The van der Waals surface area contributed by atoms with Gasteiger partial charge >= 0.3 is 5.97 Å². The number of rotatable bonds is 9. The summed E-state index contributed by atoms with van der Waals surface area (Å²) in [6.07, 6.45) is 6.36. The van der Waals surface area contributed by atoms with Crippen LogP contribution in [0, 0.1) is 11.7 Å². The number of fused-ring (bicyclic) bond motifs is 1. The van der Waals surface area contributed by atoms with E-state index >= 15 is 4.39 Å². The zero-order valence-electron chi connectivity index (χ0n) is 19.1. The number of aromatic nitrogens is 2. The number of aromatic hydroxyl groups is 1. The summed E-state index contributed by atoms with van der Waals surface area (Å²) in [5, 5.41) is 25.1. The van der Waals surface area contributed by atoms with Gasteiger partial charge in [0.1, 0.15) is 5.75 Å². The first-order valence-corrected chi connectivity index (χ1v) is 12.7. The van der Waals surface area contributed by atoms with Gasteiger partial charge in [0.15, 0.2) is 5.82 Å². The van der Waals surface area contributed by atoms with E-state index in [4.69, 9.17) is 17.3 Å². The summed E-state index contributed by atoms with van der Waals surface area (Å²) in [6, 6.07) is 7.75. The molecule has 4 N–H and O–H groups in total. The first-order chi connectivity index (χ1) is 17.3. The summed E-state index contributed by atoms with van der Waals surface area (Å²) < 4.78 is 16.8. The molecule has 0 spiro atoms. The second kappa shape index (κ2) is 9.63. The Labute approximate surface area is 215 Å². The Morgan fingerprint density at radius 3 is 2.72 bits per heavy atom. The lowest BCUT2D eigenvalue weighted by atomic mass is 9.87. The first kappa shape index (κ1) is 24.4. The van der Waals surface area contributed by atoms with Gasteiger partial charge in [0.05, 0.1) is 16.8 Å². The van der Waals surface area contributed by atoms with Crippen molar-refractivity contribution >= 4 is 40.1 Å². The number of benzene rings is 2. The van der Waals surface area contributed by atoms with Crippen molar-refractivity contribution in [2.24, 2.45) is 11.7 Å². The van der Waals surface area contributed by atoms with Crippen LogP contribution in [0.3, 0.4) is 0 Å². The highest BCUT2D eigenvalue weighted by Gasteiger charge is 2.43. The van der Waals surface area contributed by atoms with Gasteiger partial charge in [-0.25, -0.2) is 9.18 Å². The smallest absolute Gasteiger partial charge is 0.338 e. The number of aryl methyl sites for hydroxylation is 1. The second-order valence-corrected chi connectivity index (χ2v) is 10.4. The van der Waals surface area contributed by atoms with Crippen molar-refractivity contribution in [2.45, 2.75) is 43.0 Å². The number of nitrogens with zero attached hydrogens (tertiary/aromatic N) is 2. The van der Waals surface area contributed by atoms with Crippen LogP contribution in [0.4, 0.5) is 4.39 Å². The van der Waals surface area contributed by atoms with Gasteiger partial charge in [-0.1, -0.05) is 35.5 Å². The maximum Gasteiger partial charge on any atom is 0.338 e. The summed E-state index contributed by atoms with van der Waals surface area (Å²) >= 11 is 7.49. The number of amides is 1. The Bertz CT molecular complexity index is 1420. The van der Waals surface area contributed by atoms with Gasteiger partial charge < -0.3 is 15.9 Å². The van der Waals surface area contributed by atoms with Crippen LogP contribution < -0.4 is 5.73 Å². The van der Waals surface area contributed by atoms with Gasteiger partial charge in [0.25, 0.3) is 0 Å². The van der Waals surface area contributed by atoms with Crippen LogP contribution in [0.2, 0.25) is 5.02 Å². The fourth-order valence-corrected chi connectivity index (χ4v) is 6.14. The number of primary amides is 1. The molecule has 36 heavy (non-hydrogen) atoms. The zero-order valence-corrected chi connectivity index (χ0v) is 20.7. The Morgan fingerprint density at radius 1 is 1.25 bits per heavy atom. The number of allylic oxidation sites excluding steroid dienone is 1. The van der Waals surface area contributed by atoms with Crippen LogP contribution in [-0.2, 0) is 11.3 Å². The molecular formula is C26H23ClFN3O4S. The van der Waals surface area contributed by atoms with Gasteiger partial charge in [-0.3, -0.25) is 9.48 Å². The molecule has 1 heterocycles. The SMILES string of the molecule is NC(=O)CCCn1cc(C2C(C3CC3)=C(Sc3cccc(C(=O)O)c3F)c3ccc(Cl)c(O)c32)cn1. The quantitative estimate of drug-likeness (QED) is 0.342. The van der Waals surface area contributed by atoms with Crippen LogP contribution in [0.25, 0.3) is 4.91 Å². The Morgan fingerprint density at radius 2 is 2.03 bits per heavy atom. The average Bonchev–Trinajstić information content (AvgIpc) is 3.47. The minimum Gasteiger partial charge on any atom is -0.506 e. The first-order valence-electron chi connectivity index (χ1n) is 11.5. The summed E-state index contributed by atoms with van der Waals surface area (Å²) in [6.45, 7) is 0.515. The Kier molecular flexibility index (Phi) is 6.53. The molecule has 1 saturated carbocycles. The number of phenolic OH excluding ortho intramolecular Hbond substituents is 1. The molecule has 0 aliphatic heterocycles. The molecule has 3 aromatic rings. The fourth-order valence-electron chi connectivity index (χ4n) is 4.72. The van der Waals surface area contributed by atoms with Crippen molar-refractivity contribution < 1.29 is 24.2 Å². The average molecular weight is 528 g/mol. The molecule has 0 saturated heterocycles. The standard InChI is InChI=1S/C26H23ClFN3O4S/c27-17-9-8-15-22(24(17)33)20(14-11-30-31(12-14)10-2-5-19(29)32)21(13-6-7-13)25(15)36-18-4-1-3-16(23(18)28)26(34)35/h1,3-4,8-9,11-13,20,33H,2,5-7,10H2,(H2,29,32)(H,34,35). The van der Waals surface area contributed by atoms with E-state index in [2.05, 4.69) is 5.10 Å². The molecule has 0 radical (unpaired) electrons. The summed E-state index contributed by atoms with van der Waals surface area (Å²) in [5.74, 6) is -2.61. The van der Waals surface area contributed by atoms with Gasteiger partial charge in [-0.15, -0.1) is 0 Å². The normalized spacial score (nSPS) is 16.9. The molecule has 186 valence electrons. The van der Waals surface area contributed by atoms with E-state index in [1.807, 2.05) is 12.3 Å². The molecule has 5 rings (SSSR count). The predicted octanol–water partition coefficient (Wildman–Crippen LogP) is 5.40. The van der Waals surface area contributed by atoms with Crippen LogP contribution in [0.1, 0.15) is 58.6 Å². The number of carbonyl (C=O) groups excluding carboxylic acids is 1. The molecule has 1 atom stereocenters. The van der Waals surface area contributed by atoms with Crippen LogP contribution in [0.15, 0.2) is 53.2 Å². The molecule has 2 aromatic carbocycles. The van der Waals surface area contributed by atoms with Gasteiger partial charge in [0, 0.05) is 46.0 Å². The molecule has 2 aliphatic rings. The van der Waals surface area contributed by atoms with Crippen LogP contribution in [-0.4, -0.2) is 31.9 Å². The zero-order chi connectivity index (χ0) is 25.6. The summed E-state index contributed by atoms with van der Waals surface area (Å²) in [7, 11) is 0. The fraction of sp³-hybridized carbons (Fsp3) is 0.269. The topological polar surface area (TPSA) is 118 Å². The minimum absolute atomic E-state index is 0.0332. The third-order valence-corrected chi connectivity index (χ3v) is 7.99. The number of hydrogen-bond donors (Lipinski definition) is 3. The second-order valence-electron chi connectivity index (χ2n) is 8.98. The van der Waals surface area contributed by atoms with E-state index < -0.39 is 11.8 Å². The van der Waals surface area contributed by atoms with Gasteiger partial charge in [0.2, 0.25) is 5.91 Å². The number of carboxylic acids is 1. The Balaban J connectivity index is 1.60. The molecule has 1 unspecified atom stereocenters.